The van der Waals surface area contributed by atoms with Gasteiger partial charge in [-0.25, -0.2) is 13.1 Å². The molecule has 14 heavy (non-hydrogen) atoms. The van der Waals surface area contributed by atoms with Gasteiger partial charge in [-0.1, -0.05) is 0 Å². The summed E-state index contributed by atoms with van der Waals surface area (Å²) in [5, 5.41) is 9.31. The molecule has 1 fully saturated rings. The second-order valence-electron chi connectivity index (χ2n) is 3.94. The van der Waals surface area contributed by atoms with Gasteiger partial charge in [-0.15, -0.1) is 0 Å². The van der Waals surface area contributed by atoms with Gasteiger partial charge >= 0.3 is 0 Å². The van der Waals surface area contributed by atoms with E-state index < -0.39 is 20.9 Å². The van der Waals surface area contributed by atoms with Crippen LogP contribution in [0.1, 0.15) is 20.3 Å². The van der Waals surface area contributed by atoms with Crippen molar-refractivity contribution in [2.24, 2.45) is 0 Å². The van der Waals surface area contributed by atoms with Crippen LogP contribution >= 0.6 is 0 Å². The lowest BCUT2D eigenvalue weighted by molar-refractivity contribution is 0.0314. The molecule has 0 radical (unpaired) electrons. The number of aliphatic hydroxyl groups is 1. The number of hydrogen-bond donors (Lipinski definition) is 2. The number of hydrogen-bond acceptors (Lipinski definition) is 4. The number of nitrogens with one attached hydrogen (secondary N) is 1. The van der Waals surface area contributed by atoms with E-state index in [4.69, 9.17) is 4.74 Å². The largest absolute Gasteiger partial charge is 0.386 e. The zero-order valence-corrected chi connectivity index (χ0v) is 9.30. The van der Waals surface area contributed by atoms with Gasteiger partial charge in [0.15, 0.2) is 0 Å². The first-order valence-electron chi connectivity index (χ1n) is 4.64. The first-order chi connectivity index (χ1) is 6.36. The van der Waals surface area contributed by atoms with Crippen molar-refractivity contribution in [3.8, 4) is 0 Å². The molecule has 0 bridgehead atoms. The van der Waals surface area contributed by atoms with Crippen molar-refractivity contribution in [3.63, 3.8) is 0 Å². The molecule has 0 aromatic carbocycles. The molecule has 1 atom stereocenters. The molecule has 2 N–H and O–H groups in total. The highest BCUT2D eigenvalue weighted by Gasteiger charge is 2.33. The first kappa shape index (κ1) is 11.9. The average molecular weight is 223 g/mol. The molecule has 1 heterocycles. The summed E-state index contributed by atoms with van der Waals surface area (Å²) in [6.45, 7) is 3.91. The van der Waals surface area contributed by atoms with Crippen LogP contribution in [0.25, 0.3) is 0 Å². The molecule has 1 saturated heterocycles. The molecule has 0 saturated carbocycles. The van der Waals surface area contributed by atoms with Crippen molar-refractivity contribution in [2.75, 3.05) is 19.8 Å². The Bertz CT molecular complexity index is 280. The molecule has 1 rings (SSSR count). The van der Waals surface area contributed by atoms with Crippen LogP contribution in [0.15, 0.2) is 0 Å². The predicted octanol–water partition coefficient (Wildman–Crippen LogP) is -0.534. The molecule has 0 spiro atoms. The Kier molecular flexibility index (Phi) is 3.52. The van der Waals surface area contributed by atoms with E-state index in [9.17, 15) is 13.5 Å². The van der Waals surface area contributed by atoms with Gasteiger partial charge in [-0.05, 0) is 13.8 Å². The Morgan fingerprint density at radius 2 is 2.21 bits per heavy atom. The second-order valence-corrected chi connectivity index (χ2v) is 6.26. The smallest absolute Gasteiger partial charge is 0.214 e. The topological polar surface area (TPSA) is 75.6 Å². The van der Waals surface area contributed by atoms with Crippen molar-refractivity contribution in [3.05, 3.63) is 0 Å². The lowest BCUT2D eigenvalue weighted by atomic mass is 10.1. The van der Waals surface area contributed by atoms with Gasteiger partial charge in [0.2, 0.25) is 10.0 Å². The van der Waals surface area contributed by atoms with Gasteiger partial charge in [0, 0.05) is 19.6 Å². The fourth-order valence-electron chi connectivity index (χ4n) is 1.14. The summed E-state index contributed by atoms with van der Waals surface area (Å²) in [4.78, 5) is 0. The van der Waals surface area contributed by atoms with Crippen molar-refractivity contribution in [2.45, 2.75) is 31.1 Å². The Balaban J connectivity index is 2.48. The fourth-order valence-corrected chi connectivity index (χ4v) is 1.94. The van der Waals surface area contributed by atoms with Crippen molar-refractivity contribution >= 4 is 10.0 Å². The summed E-state index contributed by atoms with van der Waals surface area (Å²) in [5.74, 6) is 0. The number of sulfonamides is 1. The van der Waals surface area contributed by atoms with Gasteiger partial charge < -0.3 is 9.84 Å². The Morgan fingerprint density at radius 1 is 1.57 bits per heavy atom. The third-order valence-corrected chi connectivity index (χ3v) is 4.09. The Hall–Kier alpha value is -0.170. The van der Waals surface area contributed by atoms with Crippen molar-refractivity contribution < 1.29 is 18.3 Å². The maximum absolute atomic E-state index is 11.4. The predicted molar refractivity (Wildman–Crippen MR) is 52.4 cm³/mol. The summed E-state index contributed by atoms with van der Waals surface area (Å²) in [6.07, 6.45) is 0.480. The minimum Gasteiger partial charge on any atom is -0.386 e. The van der Waals surface area contributed by atoms with Crippen LogP contribution in [0.2, 0.25) is 0 Å². The second kappa shape index (κ2) is 4.14. The highest BCUT2D eigenvalue weighted by molar-refractivity contribution is 7.90. The third-order valence-electron chi connectivity index (χ3n) is 2.31. The molecule has 0 aromatic rings. The lowest BCUT2D eigenvalue weighted by Crippen LogP contribution is -2.45. The molecule has 0 amide bonds. The van der Waals surface area contributed by atoms with Gasteiger partial charge in [-0.3, -0.25) is 0 Å². The summed E-state index contributed by atoms with van der Waals surface area (Å²) in [5.41, 5.74) is -1.03. The number of ether oxygens (including phenoxy) is 1. The highest BCUT2D eigenvalue weighted by atomic mass is 32.2. The number of rotatable bonds is 4. The van der Waals surface area contributed by atoms with Gasteiger partial charge in [0.25, 0.3) is 0 Å². The Labute approximate surface area is 84.5 Å². The minimum atomic E-state index is -3.29. The zero-order chi connectivity index (χ0) is 10.8. The normalized spacial score (nSPS) is 28.6. The summed E-state index contributed by atoms with van der Waals surface area (Å²) in [6, 6.07) is 0. The van der Waals surface area contributed by atoms with E-state index >= 15 is 0 Å². The van der Waals surface area contributed by atoms with Crippen LogP contribution < -0.4 is 4.72 Å². The average Bonchev–Trinajstić information content (AvgIpc) is 2.50. The monoisotopic (exact) mass is 223 g/mol. The standard InChI is InChI=1S/C8H17NO4S/c1-7(2)14(11,12)9-5-8(10)3-4-13-6-8/h7,9-10H,3-6H2,1-2H3. The van der Waals surface area contributed by atoms with Crippen molar-refractivity contribution in [1.29, 1.82) is 0 Å². The van der Waals surface area contributed by atoms with Crippen LogP contribution in [0.5, 0.6) is 0 Å². The van der Waals surface area contributed by atoms with E-state index in [0.717, 1.165) is 0 Å². The van der Waals surface area contributed by atoms with E-state index in [1.165, 1.54) is 0 Å². The van der Waals surface area contributed by atoms with E-state index in [-0.39, 0.29) is 13.2 Å². The van der Waals surface area contributed by atoms with Gasteiger partial charge in [0.05, 0.1) is 11.9 Å². The molecule has 1 aliphatic heterocycles. The molecule has 84 valence electrons. The van der Waals surface area contributed by atoms with E-state index in [1.54, 1.807) is 13.8 Å². The van der Waals surface area contributed by atoms with Crippen LogP contribution in [-0.2, 0) is 14.8 Å². The molecule has 1 aliphatic rings. The quantitative estimate of drug-likeness (QED) is 0.671. The molecule has 0 aromatic heterocycles. The molecule has 6 heteroatoms. The highest BCUT2D eigenvalue weighted by Crippen LogP contribution is 2.17. The van der Waals surface area contributed by atoms with Gasteiger partial charge in [0.1, 0.15) is 5.60 Å². The van der Waals surface area contributed by atoms with E-state index in [1.807, 2.05) is 0 Å². The molecule has 5 nitrogen and oxygen atoms in total. The van der Waals surface area contributed by atoms with Crippen LogP contribution in [-0.4, -0.2) is 44.1 Å². The lowest BCUT2D eigenvalue weighted by Gasteiger charge is -2.21. The van der Waals surface area contributed by atoms with Crippen LogP contribution in [0, 0.1) is 0 Å². The first-order valence-corrected chi connectivity index (χ1v) is 6.19. The van der Waals surface area contributed by atoms with Crippen LogP contribution in [0.3, 0.4) is 0 Å². The Morgan fingerprint density at radius 3 is 2.64 bits per heavy atom. The zero-order valence-electron chi connectivity index (χ0n) is 8.49. The molecule has 0 aliphatic carbocycles. The summed E-state index contributed by atoms with van der Waals surface area (Å²) >= 11 is 0. The van der Waals surface area contributed by atoms with Gasteiger partial charge in [-0.2, -0.15) is 0 Å². The fraction of sp³-hybridized carbons (Fsp3) is 1.00. The maximum atomic E-state index is 11.4. The third kappa shape index (κ3) is 2.91. The van der Waals surface area contributed by atoms with E-state index in [0.29, 0.717) is 13.0 Å². The molecular weight excluding hydrogens is 206 g/mol. The maximum Gasteiger partial charge on any atom is 0.214 e. The van der Waals surface area contributed by atoms with E-state index in [2.05, 4.69) is 4.72 Å². The SMILES string of the molecule is CC(C)S(=O)(=O)NCC1(O)CCOC1. The summed E-state index contributed by atoms with van der Waals surface area (Å²) < 4.78 is 30.1. The molecular formula is C8H17NO4S. The van der Waals surface area contributed by atoms with Crippen molar-refractivity contribution in [1.82, 2.24) is 4.72 Å². The minimum absolute atomic E-state index is 0.0352. The summed E-state index contributed by atoms with van der Waals surface area (Å²) in [7, 11) is -3.29. The van der Waals surface area contributed by atoms with Crippen LogP contribution in [0.4, 0.5) is 0 Å². The molecule has 1 unspecified atom stereocenters.